The minimum absolute atomic E-state index is 0.00981. The van der Waals surface area contributed by atoms with Crippen molar-refractivity contribution in [3.63, 3.8) is 0 Å². The molecular formula is C18H24ClN3O2. The maximum atomic E-state index is 12.2. The van der Waals surface area contributed by atoms with E-state index >= 15 is 0 Å². The summed E-state index contributed by atoms with van der Waals surface area (Å²) >= 11 is 6.11. The molecule has 2 aliphatic rings. The molecule has 1 saturated carbocycles. The molecule has 2 fully saturated rings. The Morgan fingerprint density at radius 1 is 1.17 bits per heavy atom. The normalized spacial score (nSPS) is 18.2. The summed E-state index contributed by atoms with van der Waals surface area (Å²) in [6.07, 6.45) is 5.75. The fourth-order valence-corrected chi connectivity index (χ4v) is 3.20. The highest BCUT2D eigenvalue weighted by atomic mass is 35.5. The Bertz CT molecular complexity index is 610. The number of rotatable bonds is 6. The summed E-state index contributed by atoms with van der Waals surface area (Å²) in [7, 11) is 0. The van der Waals surface area contributed by atoms with Crippen LogP contribution < -0.4 is 16.0 Å². The third kappa shape index (κ3) is 4.95. The van der Waals surface area contributed by atoms with Crippen molar-refractivity contribution in [2.45, 2.75) is 44.6 Å². The van der Waals surface area contributed by atoms with Crippen molar-refractivity contribution in [3.05, 3.63) is 28.8 Å². The van der Waals surface area contributed by atoms with Gasteiger partial charge in [0.1, 0.15) is 0 Å². The molecule has 0 atom stereocenters. The standard InChI is InChI=1S/C18H24ClN3O2/c19-16-5-4-14(11-15(16)18(24)22-13-2-3-13)21-17(23)6-1-12-7-9-20-10-8-12/h4-5,11-13,20H,1-3,6-10H2,(H,21,23)(H,22,24). The first-order valence-corrected chi connectivity index (χ1v) is 9.10. The molecule has 1 aliphatic carbocycles. The van der Waals surface area contributed by atoms with Gasteiger partial charge in [0.15, 0.2) is 0 Å². The predicted octanol–water partition coefficient (Wildman–Crippen LogP) is 2.95. The summed E-state index contributed by atoms with van der Waals surface area (Å²) in [6.45, 7) is 2.09. The second-order valence-electron chi connectivity index (χ2n) is 6.72. The highest BCUT2D eigenvalue weighted by Gasteiger charge is 2.25. The van der Waals surface area contributed by atoms with Crippen LogP contribution in [0.5, 0.6) is 0 Å². The molecule has 1 aliphatic heterocycles. The van der Waals surface area contributed by atoms with E-state index in [1.165, 1.54) is 0 Å². The van der Waals surface area contributed by atoms with Crippen LogP contribution in [0.1, 0.15) is 48.9 Å². The molecule has 6 heteroatoms. The van der Waals surface area contributed by atoms with Gasteiger partial charge < -0.3 is 16.0 Å². The van der Waals surface area contributed by atoms with Crippen LogP contribution in [0.4, 0.5) is 5.69 Å². The Balaban J connectivity index is 1.53. The molecular weight excluding hydrogens is 326 g/mol. The van der Waals surface area contributed by atoms with E-state index in [9.17, 15) is 9.59 Å². The number of benzene rings is 1. The molecule has 24 heavy (non-hydrogen) atoms. The molecule has 3 rings (SSSR count). The van der Waals surface area contributed by atoms with Crippen molar-refractivity contribution in [1.29, 1.82) is 0 Å². The van der Waals surface area contributed by atoms with Crippen LogP contribution in [0.3, 0.4) is 0 Å². The zero-order chi connectivity index (χ0) is 16.9. The lowest BCUT2D eigenvalue weighted by molar-refractivity contribution is -0.116. The second kappa shape index (κ2) is 7.99. The van der Waals surface area contributed by atoms with Crippen molar-refractivity contribution >= 4 is 29.1 Å². The maximum Gasteiger partial charge on any atom is 0.253 e. The monoisotopic (exact) mass is 349 g/mol. The van der Waals surface area contributed by atoms with Crippen molar-refractivity contribution in [3.8, 4) is 0 Å². The van der Waals surface area contributed by atoms with Gasteiger partial charge in [-0.1, -0.05) is 11.6 Å². The molecule has 0 aromatic heterocycles. The number of halogens is 1. The van der Waals surface area contributed by atoms with Gasteiger partial charge >= 0.3 is 0 Å². The van der Waals surface area contributed by atoms with E-state index in [0.29, 0.717) is 28.6 Å². The van der Waals surface area contributed by atoms with E-state index in [2.05, 4.69) is 16.0 Å². The number of amides is 2. The number of hydrogen-bond donors (Lipinski definition) is 3. The van der Waals surface area contributed by atoms with E-state index in [4.69, 9.17) is 11.6 Å². The lowest BCUT2D eigenvalue weighted by atomic mass is 9.93. The first kappa shape index (κ1) is 17.2. The Kier molecular flexibility index (Phi) is 5.74. The number of hydrogen-bond acceptors (Lipinski definition) is 3. The first-order chi connectivity index (χ1) is 11.6. The Labute approximate surface area is 147 Å². The lowest BCUT2D eigenvalue weighted by Crippen LogP contribution is -2.28. The molecule has 3 N–H and O–H groups in total. The largest absolute Gasteiger partial charge is 0.349 e. The summed E-state index contributed by atoms with van der Waals surface area (Å²) in [5.74, 6) is 0.444. The first-order valence-electron chi connectivity index (χ1n) is 8.73. The van der Waals surface area contributed by atoms with Gasteiger partial charge in [-0.3, -0.25) is 9.59 Å². The molecule has 0 radical (unpaired) electrons. The highest BCUT2D eigenvalue weighted by molar-refractivity contribution is 6.34. The quantitative estimate of drug-likeness (QED) is 0.739. The van der Waals surface area contributed by atoms with Gasteiger partial charge in [-0.25, -0.2) is 0 Å². The van der Waals surface area contributed by atoms with Gasteiger partial charge in [0, 0.05) is 18.2 Å². The topological polar surface area (TPSA) is 70.2 Å². The summed E-state index contributed by atoms with van der Waals surface area (Å²) in [6, 6.07) is 5.32. The molecule has 1 heterocycles. The molecule has 0 spiro atoms. The van der Waals surface area contributed by atoms with Gasteiger partial charge in [0.2, 0.25) is 5.91 Å². The molecule has 0 bridgehead atoms. The van der Waals surface area contributed by atoms with E-state index in [1.54, 1.807) is 18.2 Å². The maximum absolute atomic E-state index is 12.2. The van der Waals surface area contributed by atoms with Crippen molar-refractivity contribution in [2.75, 3.05) is 18.4 Å². The SMILES string of the molecule is O=C(CCC1CCNCC1)Nc1ccc(Cl)c(C(=O)NC2CC2)c1. The van der Waals surface area contributed by atoms with E-state index in [-0.39, 0.29) is 17.9 Å². The summed E-state index contributed by atoms with van der Waals surface area (Å²) in [5, 5.41) is 9.53. The van der Waals surface area contributed by atoms with Gasteiger partial charge in [-0.05, 0) is 69.3 Å². The second-order valence-corrected chi connectivity index (χ2v) is 7.13. The fraction of sp³-hybridized carbons (Fsp3) is 0.556. The highest BCUT2D eigenvalue weighted by Crippen LogP contribution is 2.24. The predicted molar refractivity (Wildman–Crippen MR) is 95.4 cm³/mol. The minimum atomic E-state index is -0.173. The summed E-state index contributed by atoms with van der Waals surface area (Å²) in [4.78, 5) is 24.3. The molecule has 1 saturated heterocycles. The van der Waals surface area contributed by atoms with Crippen LogP contribution in [0.25, 0.3) is 0 Å². The third-order valence-electron chi connectivity index (χ3n) is 4.65. The molecule has 1 aromatic rings. The van der Waals surface area contributed by atoms with Crippen molar-refractivity contribution in [2.24, 2.45) is 5.92 Å². The van der Waals surface area contributed by atoms with Gasteiger partial charge in [0.25, 0.3) is 5.91 Å². The summed E-state index contributed by atoms with van der Waals surface area (Å²) < 4.78 is 0. The molecule has 130 valence electrons. The molecule has 5 nitrogen and oxygen atoms in total. The van der Waals surface area contributed by atoms with Gasteiger partial charge in [-0.2, -0.15) is 0 Å². The fourth-order valence-electron chi connectivity index (χ4n) is 3.00. The van der Waals surface area contributed by atoms with Crippen LogP contribution >= 0.6 is 11.6 Å². The van der Waals surface area contributed by atoms with Crippen LogP contribution in [0.2, 0.25) is 5.02 Å². The van der Waals surface area contributed by atoms with Gasteiger partial charge in [0.05, 0.1) is 10.6 Å². The zero-order valence-corrected chi connectivity index (χ0v) is 14.5. The minimum Gasteiger partial charge on any atom is -0.349 e. The number of anilines is 1. The van der Waals surface area contributed by atoms with E-state index in [0.717, 1.165) is 45.2 Å². The van der Waals surface area contributed by atoms with Crippen molar-refractivity contribution < 1.29 is 9.59 Å². The number of carbonyl (C=O) groups is 2. The zero-order valence-electron chi connectivity index (χ0n) is 13.7. The lowest BCUT2D eigenvalue weighted by Gasteiger charge is -2.22. The van der Waals surface area contributed by atoms with Crippen LogP contribution in [0, 0.1) is 5.92 Å². The molecule has 1 aromatic carbocycles. The average molecular weight is 350 g/mol. The smallest absolute Gasteiger partial charge is 0.253 e. The Hall–Kier alpha value is -1.59. The van der Waals surface area contributed by atoms with Gasteiger partial charge in [-0.15, -0.1) is 0 Å². The number of piperidine rings is 1. The van der Waals surface area contributed by atoms with E-state index in [1.807, 2.05) is 0 Å². The Morgan fingerprint density at radius 2 is 1.92 bits per heavy atom. The van der Waals surface area contributed by atoms with Crippen molar-refractivity contribution in [1.82, 2.24) is 10.6 Å². The van der Waals surface area contributed by atoms with E-state index < -0.39 is 0 Å². The van der Waals surface area contributed by atoms with Crippen LogP contribution in [-0.4, -0.2) is 30.9 Å². The number of nitrogens with one attached hydrogen (secondary N) is 3. The average Bonchev–Trinajstić information content (AvgIpc) is 3.39. The van der Waals surface area contributed by atoms with Crippen LogP contribution in [0.15, 0.2) is 18.2 Å². The van der Waals surface area contributed by atoms with Crippen LogP contribution in [-0.2, 0) is 4.79 Å². The third-order valence-corrected chi connectivity index (χ3v) is 4.98. The molecule has 2 amide bonds. The molecule has 0 unspecified atom stereocenters. The summed E-state index contributed by atoms with van der Waals surface area (Å²) in [5.41, 5.74) is 1.04. The number of carbonyl (C=O) groups excluding carboxylic acids is 2. The Morgan fingerprint density at radius 3 is 2.62 bits per heavy atom.